The van der Waals surface area contributed by atoms with Crippen molar-refractivity contribution in [2.75, 3.05) is 25.3 Å². The lowest BCUT2D eigenvalue weighted by Gasteiger charge is -2.13. The van der Waals surface area contributed by atoms with E-state index in [-0.39, 0.29) is 17.2 Å². The molecule has 1 amide bonds. The van der Waals surface area contributed by atoms with Gasteiger partial charge < -0.3 is 14.8 Å². The van der Waals surface area contributed by atoms with Crippen molar-refractivity contribution in [1.82, 2.24) is 9.55 Å². The molecule has 158 valence electrons. The van der Waals surface area contributed by atoms with Crippen molar-refractivity contribution in [2.45, 2.75) is 31.5 Å². The Balaban J connectivity index is 1.77. The first-order valence-electron chi connectivity index (χ1n) is 9.71. The Labute approximate surface area is 179 Å². The summed E-state index contributed by atoms with van der Waals surface area (Å²) in [6.45, 7) is 2.65. The van der Waals surface area contributed by atoms with E-state index in [9.17, 15) is 9.59 Å². The summed E-state index contributed by atoms with van der Waals surface area (Å²) >= 11 is 1.26. The smallest absolute Gasteiger partial charge is 0.262 e. The fourth-order valence-electron chi connectivity index (χ4n) is 3.01. The van der Waals surface area contributed by atoms with Gasteiger partial charge in [0.2, 0.25) is 5.91 Å². The van der Waals surface area contributed by atoms with Crippen LogP contribution in [0.5, 0.6) is 11.5 Å². The van der Waals surface area contributed by atoms with Gasteiger partial charge in [-0.25, -0.2) is 4.98 Å². The minimum absolute atomic E-state index is 0.0724. The summed E-state index contributed by atoms with van der Waals surface area (Å²) in [5.41, 5.74) is 1.17. The minimum atomic E-state index is -0.198. The first kappa shape index (κ1) is 21.7. The van der Waals surface area contributed by atoms with Crippen molar-refractivity contribution >= 4 is 34.3 Å². The van der Waals surface area contributed by atoms with E-state index in [0.29, 0.717) is 39.8 Å². The summed E-state index contributed by atoms with van der Waals surface area (Å²) in [7, 11) is 3.10. The number of nitrogens with zero attached hydrogens (tertiary/aromatic N) is 2. The molecule has 3 rings (SSSR count). The van der Waals surface area contributed by atoms with E-state index in [1.165, 1.54) is 11.8 Å². The number of hydrogen-bond donors (Lipinski definition) is 1. The number of nitrogens with one attached hydrogen (secondary N) is 1. The minimum Gasteiger partial charge on any atom is -0.493 e. The molecule has 3 aromatic rings. The van der Waals surface area contributed by atoms with E-state index >= 15 is 0 Å². The van der Waals surface area contributed by atoms with Gasteiger partial charge in [0.1, 0.15) is 0 Å². The van der Waals surface area contributed by atoms with E-state index in [1.54, 1.807) is 43.1 Å². The second-order valence-electron chi connectivity index (χ2n) is 6.63. The molecule has 2 aromatic carbocycles. The number of carbonyl (C=O) groups is 1. The normalized spacial score (nSPS) is 10.8. The van der Waals surface area contributed by atoms with Crippen molar-refractivity contribution < 1.29 is 14.3 Å². The standard InChI is InChI=1S/C22H25N3O4S/c1-4-5-12-25-21(27)16-8-6-7-9-17(16)24-22(25)30-14-20(26)23-15-10-11-18(28-2)19(13-15)29-3/h6-11,13H,4-5,12,14H2,1-3H3,(H,23,26). The molecule has 0 aliphatic carbocycles. The number of benzene rings is 2. The number of unbranched alkanes of at least 4 members (excludes halogenated alkanes) is 1. The lowest BCUT2D eigenvalue weighted by Crippen LogP contribution is -2.24. The van der Waals surface area contributed by atoms with Crippen LogP contribution in [0.15, 0.2) is 52.4 Å². The molecule has 0 atom stereocenters. The molecule has 0 spiro atoms. The van der Waals surface area contributed by atoms with Crippen LogP contribution in [0.2, 0.25) is 0 Å². The molecule has 8 heteroatoms. The van der Waals surface area contributed by atoms with E-state index in [2.05, 4.69) is 17.2 Å². The first-order valence-corrected chi connectivity index (χ1v) is 10.7. The molecule has 0 unspecified atom stereocenters. The second-order valence-corrected chi connectivity index (χ2v) is 7.57. The van der Waals surface area contributed by atoms with Gasteiger partial charge in [-0.1, -0.05) is 37.2 Å². The lowest BCUT2D eigenvalue weighted by atomic mass is 10.2. The number of thioether (sulfide) groups is 1. The molecule has 0 saturated carbocycles. The zero-order valence-electron chi connectivity index (χ0n) is 17.3. The number of para-hydroxylation sites is 1. The largest absolute Gasteiger partial charge is 0.493 e. The molecule has 0 aliphatic rings. The van der Waals surface area contributed by atoms with Gasteiger partial charge >= 0.3 is 0 Å². The SMILES string of the molecule is CCCCn1c(SCC(=O)Nc2ccc(OC)c(OC)c2)nc2ccccc2c1=O. The van der Waals surface area contributed by atoms with Gasteiger partial charge in [0.25, 0.3) is 5.56 Å². The van der Waals surface area contributed by atoms with Gasteiger partial charge in [0.15, 0.2) is 16.7 Å². The third-order valence-corrected chi connectivity index (χ3v) is 5.54. The Kier molecular flexibility index (Phi) is 7.35. The Morgan fingerprint density at radius 3 is 2.63 bits per heavy atom. The maximum absolute atomic E-state index is 12.9. The third-order valence-electron chi connectivity index (χ3n) is 4.56. The number of methoxy groups -OCH3 is 2. The summed E-state index contributed by atoms with van der Waals surface area (Å²) in [4.78, 5) is 30.0. The molecular weight excluding hydrogens is 402 g/mol. The van der Waals surface area contributed by atoms with Crippen molar-refractivity contribution in [1.29, 1.82) is 0 Å². The van der Waals surface area contributed by atoms with Crippen LogP contribution in [0.4, 0.5) is 5.69 Å². The summed E-state index contributed by atoms with van der Waals surface area (Å²) in [6, 6.07) is 12.5. The van der Waals surface area contributed by atoms with Crippen LogP contribution in [-0.2, 0) is 11.3 Å². The fraction of sp³-hybridized carbons (Fsp3) is 0.318. The van der Waals surface area contributed by atoms with Crippen LogP contribution >= 0.6 is 11.8 Å². The number of rotatable bonds is 9. The number of amides is 1. The molecule has 7 nitrogen and oxygen atoms in total. The third kappa shape index (κ3) is 4.94. The summed E-state index contributed by atoms with van der Waals surface area (Å²) in [6.07, 6.45) is 1.83. The van der Waals surface area contributed by atoms with E-state index in [0.717, 1.165) is 12.8 Å². The molecular formula is C22H25N3O4S. The molecule has 0 saturated heterocycles. The topological polar surface area (TPSA) is 82.5 Å². The van der Waals surface area contributed by atoms with Crippen LogP contribution in [-0.4, -0.2) is 35.4 Å². The summed E-state index contributed by atoms with van der Waals surface area (Å²) in [5, 5.41) is 3.98. The highest BCUT2D eigenvalue weighted by Crippen LogP contribution is 2.30. The molecule has 0 bridgehead atoms. The predicted molar refractivity (Wildman–Crippen MR) is 120 cm³/mol. The number of aromatic nitrogens is 2. The van der Waals surface area contributed by atoms with Crippen LogP contribution in [0, 0.1) is 0 Å². The number of ether oxygens (including phenoxy) is 2. The van der Waals surface area contributed by atoms with Crippen LogP contribution in [0.3, 0.4) is 0 Å². The Bertz CT molecular complexity index is 1100. The first-order chi connectivity index (χ1) is 14.6. The molecule has 0 radical (unpaired) electrons. The average Bonchev–Trinajstić information content (AvgIpc) is 2.77. The van der Waals surface area contributed by atoms with Crippen LogP contribution in [0.1, 0.15) is 19.8 Å². The quantitative estimate of drug-likeness (QED) is 0.411. The average molecular weight is 428 g/mol. The van der Waals surface area contributed by atoms with Crippen molar-refractivity contribution in [2.24, 2.45) is 0 Å². The van der Waals surface area contributed by atoms with Crippen molar-refractivity contribution in [3.8, 4) is 11.5 Å². The second kappa shape index (κ2) is 10.2. The molecule has 1 N–H and O–H groups in total. The van der Waals surface area contributed by atoms with Gasteiger partial charge in [0.05, 0.1) is 30.9 Å². The molecule has 0 aliphatic heterocycles. The highest BCUT2D eigenvalue weighted by Gasteiger charge is 2.14. The zero-order chi connectivity index (χ0) is 21.5. The zero-order valence-corrected chi connectivity index (χ0v) is 18.1. The highest BCUT2D eigenvalue weighted by atomic mass is 32.2. The van der Waals surface area contributed by atoms with Gasteiger partial charge in [-0.2, -0.15) is 0 Å². The van der Waals surface area contributed by atoms with Gasteiger partial charge in [-0.3, -0.25) is 14.2 Å². The van der Waals surface area contributed by atoms with Gasteiger partial charge in [-0.15, -0.1) is 0 Å². The van der Waals surface area contributed by atoms with E-state index < -0.39 is 0 Å². The van der Waals surface area contributed by atoms with Crippen molar-refractivity contribution in [3.63, 3.8) is 0 Å². The van der Waals surface area contributed by atoms with Crippen LogP contribution in [0.25, 0.3) is 10.9 Å². The van der Waals surface area contributed by atoms with Crippen molar-refractivity contribution in [3.05, 3.63) is 52.8 Å². The van der Waals surface area contributed by atoms with Crippen LogP contribution < -0.4 is 20.3 Å². The Morgan fingerprint density at radius 1 is 1.13 bits per heavy atom. The summed E-state index contributed by atoms with van der Waals surface area (Å²) in [5.74, 6) is 1.06. The molecule has 30 heavy (non-hydrogen) atoms. The molecule has 0 fully saturated rings. The van der Waals surface area contributed by atoms with E-state index in [4.69, 9.17) is 9.47 Å². The van der Waals surface area contributed by atoms with Gasteiger partial charge in [0, 0.05) is 18.3 Å². The number of anilines is 1. The molecule has 1 aromatic heterocycles. The summed E-state index contributed by atoms with van der Waals surface area (Å²) < 4.78 is 12.1. The number of carbonyl (C=O) groups excluding carboxylic acids is 1. The number of fused-ring (bicyclic) bond motifs is 1. The highest BCUT2D eigenvalue weighted by molar-refractivity contribution is 7.99. The maximum atomic E-state index is 12.9. The maximum Gasteiger partial charge on any atom is 0.262 e. The lowest BCUT2D eigenvalue weighted by molar-refractivity contribution is -0.113. The monoisotopic (exact) mass is 427 g/mol. The predicted octanol–water partition coefficient (Wildman–Crippen LogP) is 3.94. The van der Waals surface area contributed by atoms with Gasteiger partial charge in [-0.05, 0) is 30.7 Å². The Morgan fingerprint density at radius 2 is 1.90 bits per heavy atom. The number of hydrogen-bond acceptors (Lipinski definition) is 6. The molecule has 1 heterocycles. The fourth-order valence-corrected chi connectivity index (χ4v) is 3.84. The van der Waals surface area contributed by atoms with E-state index in [1.807, 2.05) is 18.2 Å². The Hall–Kier alpha value is -3.00.